The van der Waals surface area contributed by atoms with E-state index in [1.807, 2.05) is 35.1 Å². The predicted octanol–water partition coefficient (Wildman–Crippen LogP) is 3.63. The molecule has 1 heterocycles. The van der Waals surface area contributed by atoms with Gasteiger partial charge in [0.15, 0.2) is 0 Å². The Kier molecular flexibility index (Phi) is 5.65. The fraction of sp³-hybridized carbons (Fsp3) is 0.438. The molecule has 0 saturated carbocycles. The minimum absolute atomic E-state index is 0.398. The van der Waals surface area contributed by atoms with Gasteiger partial charge in [-0.25, -0.2) is 0 Å². The van der Waals surface area contributed by atoms with Crippen molar-refractivity contribution in [3.63, 3.8) is 0 Å². The molecule has 0 fully saturated rings. The molecule has 0 amide bonds. The summed E-state index contributed by atoms with van der Waals surface area (Å²) >= 11 is 5.92. The minimum Gasteiger partial charge on any atom is -0.492 e. The Hall–Kier alpha value is -1.52. The van der Waals surface area contributed by atoms with E-state index < -0.39 is 0 Å². The van der Waals surface area contributed by atoms with Crippen molar-refractivity contribution in [2.75, 3.05) is 20.2 Å². The Morgan fingerprint density at radius 3 is 2.86 bits per heavy atom. The van der Waals surface area contributed by atoms with Crippen molar-refractivity contribution in [1.82, 2.24) is 14.7 Å². The Morgan fingerprint density at radius 1 is 1.38 bits per heavy atom. The molecule has 0 N–H and O–H groups in total. The molecule has 0 radical (unpaired) electrons. The number of likely N-dealkylation sites (N-methyl/N-ethyl adjacent to an activating group) is 1. The third kappa shape index (κ3) is 5.06. The first kappa shape index (κ1) is 15.9. The van der Waals surface area contributed by atoms with Crippen LogP contribution in [0, 0.1) is 0 Å². The average molecular weight is 308 g/mol. The van der Waals surface area contributed by atoms with Crippen LogP contribution in [0.4, 0.5) is 0 Å². The summed E-state index contributed by atoms with van der Waals surface area (Å²) in [5.41, 5.74) is 1.22. The van der Waals surface area contributed by atoms with Crippen molar-refractivity contribution in [1.29, 1.82) is 0 Å². The van der Waals surface area contributed by atoms with Crippen molar-refractivity contribution in [2.24, 2.45) is 0 Å². The zero-order chi connectivity index (χ0) is 15.2. The van der Waals surface area contributed by atoms with Crippen LogP contribution in [0.5, 0.6) is 5.75 Å². The number of ether oxygens (including phenoxy) is 1. The number of hydrogen-bond donors (Lipinski definition) is 0. The summed E-state index contributed by atoms with van der Waals surface area (Å²) in [5.74, 6) is 0.809. The lowest BCUT2D eigenvalue weighted by molar-refractivity contribution is 0.233. The molecule has 21 heavy (non-hydrogen) atoms. The second-order valence-corrected chi connectivity index (χ2v) is 5.90. The molecular formula is C16H22ClN3O. The van der Waals surface area contributed by atoms with Crippen molar-refractivity contribution >= 4 is 11.6 Å². The van der Waals surface area contributed by atoms with E-state index in [1.165, 1.54) is 5.56 Å². The van der Waals surface area contributed by atoms with Crippen LogP contribution in [-0.2, 0) is 6.54 Å². The third-order valence-corrected chi connectivity index (χ3v) is 3.41. The molecule has 2 rings (SSSR count). The standard InChI is InChI=1S/C16H22ClN3O/c1-13(2)20-12-14(10-18-20)11-19(3)7-8-21-16-6-4-5-15(17)9-16/h4-6,9-10,12-13H,7-8,11H2,1-3H3. The summed E-state index contributed by atoms with van der Waals surface area (Å²) in [7, 11) is 2.08. The fourth-order valence-electron chi connectivity index (χ4n) is 2.01. The van der Waals surface area contributed by atoms with Crippen LogP contribution >= 0.6 is 11.6 Å². The number of halogens is 1. The molecular weight excluding hydrogens is 286 g/mol. The van der Waals surface area contributed by atoms with Gasteiger partial charge in [-0.15, -0.1) is 0 Å². The van der Waals surface area contributed by atoms with E-state index in [9.17, 15) is 0 Å². The van der Waals surface area contributed by atoms with Crippen LogP contribution < -0.4 is 4.74 Å². The highest BCUT2D eigenvalue weighted by Crippen LogP contribution is 2.17. The van der Waals surface area contributed by atoms with Crippen molar-refractivity contribution in [3.8, 4) is 5.75 Å². The van der Waals surface area contributed by atoms with E-state index in [0.717, 1.165) is 18.8 Å². The second-order valence-electron chi connectivity index (χ2n) is 5.47. The normalized spacial score (nSPS) is 11.3. The maximum atomic E-state index is 5.92. The number of rotatable bonds is 7. The Balaban J connectivity index is 1.75. The quantitative estimate of drug-likeness (QED) is 0.782. The first-order valence-electron chi connectivity index (χ1n) is 7.14. The van der Waals surface area contributed by atoms with E-state index in [2.05, 4.69) is 37.1 Å². The van der Waals surface area contributed by atoms with E-state index in [0.29, 0.717) is 17.7 Å². The topological polar surface area (TPSA) is 30.3 Å². The van der Waals surface area contributed by atoms with Crippen molar-refractivity contribution in [3.05, 3.63) is 47.2 Å². The summed E-state index contributed by atoms with van der Waals surface area (Å²) in [6.07, 6.45) is 4.02. The van der Waals surface area contributed by atoms with Gasteiger partial charge in [0.1, 0.15) is 12.4 Å². The summed E-state index contributed by atoms with van der Waals surface area (Å²) in [4.78, 5) is 2.21. The molecule has 0 bridgehead atoms. The highest BCUT2D eigenvalue weighted by molar-refractivity contribution is 6.30. The lowest BCUT2D eigenvalue weighted by atomic mass is 10.3. The smallest absolute Gasteiger partial charge is 0.120 e. The second kappa shape index (κ2) is 7.48. The van der Waals surface area contributed by atoms with Gasteiger partial charge >= 0.3 is 0 Å². The van der Waals surface area contributed by atoms with E-state index in [-0.39, 0.29) is 0 Å². The number of hydrogen-bond acceptors (Lipinski definition) is 3. The molecule has 5 heteroatoms. The van der Waals surface area contributed by atoms with E-state index in [4.69, 9.17) is 16.3 Å². The average Bonchev–Trinajstić information content (AvgIpc) is 2.87. The van der Waals surface area contributed by atoms with Crippen LogP contribution in [0.15, 0.2) is 36.7 Å². The van der Waals surface area contributed by atoms with Crippen molar-refractivity contribution < 1.29 is 4.74 Å². The van der Waals surface area contributed by atoms with Gasteiger partial charge in [0.25, 0.3) is 0 Å². The van der Waals surface area contributed by atoms with Crippen LogP contribution in [0.1, 0.15) is 25.5 Å². The molecule has 4 nitrogen and oxygen atoms in total. The highest BCUT2D eigenvalue weighted by atomic mass is 35.5. The van der Waals surface area contributed by atoms with Crippen LogP contribution in [0.25, 0.3) is 0 Å². The lowest BCUT2D eigenvalue weighted by Gasteiger charge is -2.16. The predicted molar refractivity (Wildman–Crippen MR) is 85.9 cm³/mol. The van der Waals surface area contributed by atoms with Gasteiger partial charge in [-0.05, 0) is 39.1 Å². The molecule has 0 aliphatic heterocycles. The monoisotopic (exact) mass is 307 g/mol. The fourth-order valence-corrected chi connectivity index (χ4v) is 2.19. The van der Waals surface area contributed by atoms with Crippen LogP contribution in [0.2, 0.25) is 5.02 Å². The number of benzene rings is 1. The van der Waals surface area contributed by atoms with Gasteiger partial charge in [-0.2, -0.15) is 5.10 Å². The lowest BCUT2D eigenvalue weighted by Crippen LogP contribution is -2.23. The first-order valence-corrected chi connectivity index (χ1v) is 7.52. The van der Waals surface area contributed by atoms with Gasteiger partial charge in [0.05, 0.1) is 6.20 Å². The minimum atomic E-state index is 0.398. The molecule has 0 spiro atoms. The molecule has 1 aromatic carbocycles. The van der Waals surface area contributed by atoms with Gasteiger partial charge < -0.3 is 4.74 Å². The summed E-state index contributed by atoms with van der Waals surface area (Å²) < 4.78 is 7.67. The third-order valence-electron chi connectivity index (χ3n) is 3.17. The SMILES string of the molecule is CC(C)n1cc(CN(C)CCOc2cccc(Cl)c2)cn1. The van der Waals surface area contributed by atoms with E-state index >= 15 is 0 Å². The van der Waals surface area contributed by atoms with Gasteiger partial charge in [-0.1, -0.05) is 17.7 Å². The van der Waals surface area contributed by atoms with E-state index in [1.54, 1.807) is 0 Å². The van der Waals surface area contributed by atoms with Crippen LogP contribution in [0.3, 0.4) is 0 Å². The van der Waals surface area contributed by atoms with Gasteiger partial charge in [-0.3, -0.25) is 9.58 Å². The number of aromatic nitrogens is 2. The zero-order valence-corrected chi connectivity index (χ0v) is 13.5. The highest BCUT2D eigenvalue weighted by Gasteiger charge is 2.05. The Labute approximate surface area is 131 Å². The molecule has 2 aromatic rings. The molecule has 0 aliphatic carbocycles. The summed E-state index contributed by atoms with van der Waals surface area (Å²) in [5, 5.41) is 5.05. The van der Waals surface area contributed by atoms with Crippen molar-refractivity contribution in [2.45, 2.75) is 26.4 Å². The van der Waals surface area contributed by atoms with Gasteiger partial charge in [0.2, 0.25) is 0 Å². The maximum Gasteiger partial charge on any atom is 0.120 e. The number of nitrogens with zero attached hydrogens (tertiary/aromatic N) is 3. The Bertz CT molecular complexity index is 568. The first-order chi connectivity index (χ1) is 10.0. The molecule has 114 valence electrons. The molecule has 0 atom stereocenters. The zero-order valence-electron chi connectivity index (χ0n) is 12.8. The molecule has 1 aromatic heterocycles. The largest absolute Gasteiger partial charge is 0.492 e. The van der Waals surface area contributed by atoms with Crippen LogP contribution in [-0.4, -0.2) is 34.9 Å². The Morgan fingerprint density at radius 2 is 2.19 bits per heavy atom. The summed E-state index contributed by atoms with van der Waals surface area (Å²) in [6.45, 7) is 6.60. The maximum absolute atomic E-state index is 5.92. The summed E-state index contributed by atoms with van der Waals surface area (Å²) in [6, 6.07) is 7.87. The molecule has 0 saturated heterocycles. The molecule has 0 unspecified atom stereocenters. The molecule has 0 aliphatic rings. The van der Waals surface area contributed by atoms with Gasteiger partial charge in [0, 0.05) is 35.9 Å².